The van der Waals surface area contributed by atoms with Gasteiger partial charge >= 0.3 is 5.69 Å². The van der Waals surface area contributed by atoms with Crippen LogP contribution in [0.5, 0.6) is 0 Å². The SMILES string of the molecule is Cc1cn([C@@H]2C=C(CCO)[C@H]3OC(C)(C)O[C@H]32)c(=O)[nH]c1=O. The number of aliphatic hydroxyl groups is 1. The van der Waals surface area contributed by atoms with Crippen LogP contribution < -0.4 is 11.2 Å². The van der Waals surface area contributed by atoms with Gasteiger partial charge < -0.3 is 14.6 Å². The fourth-order valence-corrected chi connectivity index (χ4v) is 3.14. The lowest BCUT2D eigenvalue weighted by Gasteiger charge is -2.22. The van der Waals surface area contributed by atoms with Gasteiger partial charge in [0.2, 0.25) is 0 Å². The maximum atomic E-state index is 12.1. The van der Waals surface area contributed by atoms with Gasteiger partial charge in [-0.25, -0.2) is 4.79 Å². The molecular weight excluding hydrogens is 288 g/mol. The van der Waals surface area contributed by atoms with E-state index in [0.717, 1.165) is 5.57 Å². The first-order chi connectivity index (χ1) is 10.3. The van der Waals surface area contributed by atoms with Crippen LogP contribution in [0, 0.1) is 6.92 Å². The molecule has 1 aliphatic heterocycles. The Bertz CT molecular complexity index is 730. The van der Waals surface area contributed by atoms with Crippen LogP contribution in [0.25, 0.3) is 0 Å². The van der Waals surface area contributed by atoms with E-state index in [-0.39, 0.29) is 30.4 Å². The first-order valence-corrected chi connectivity index (χ1v) is 7.31. The van der Waals surface area contributed by atoms with Crippen molar-refractivity contribution in [2.45, 2.75) is 51.2 Å². The summed E-state index contributed by atoms with van der Waals surface area (Å²) < 4.78 is 13.3. The maximum absolute atomic E-state index is 12.1. The minimum absolute atomic E-state index is 0.00507. The highest BCUT2D eigenvalue weighted by molar-refractivity contribution is 5.26. The second kappa shape index (κ2) is 5.19. The Balaban J connectivity index is 2.05. The smallest absolute Gasteiger partial charge is 0.328 e. The van der Waals surface area contributed by atoms with E-state index in [0.29, 0.717) is 12.0 Å². The lowest BCUT2D eigenvalue weighted by molar-refractivity contribution is -0.148. The summed E-state index contributed by atoms with van der Waals surface area (Å²) in [5.74, 6) is -0.747. The van der Waals surface area contributed by atoms with Crippen molar-refractivity contribution in [3.8, 4) is 0 Å². The molecule has 0 unspecified atom stereocenters. The van der Waals surface area contributed by atoms with Crippen molar-refractivity contribution in [2.75, 3.05) is 6.61 Å². The van der Waals surface area contributed by atoms with Gasteiger partial charge in [0.1, 0.15) is 12.2 Å². The van der Waals surface area contributed by atoms with Crippen molar-refractivity contribution < 1.29 is 14.6 Å². The van der Waals surface area contributed by atoms with Gasteiger partial charge in [-0.3, -0.25) is 14.3 Å². The molecule has 0 saturated carbocycles. The molecule has 0 bridgehead atoms. The average Bonchev–Trinajstić information content (AvgIpc) is 2.89. The Morgan fingerprint density at radius 2 is 2.09 bits per heavy atom. The molecule has 0 amide bonds. The lowest BCUT2D eigenvalue weighted by Crippen LogP contribution is -2.38. The molecule has 2 heterocycles. The van der Waals surface area contributed by atoms with Crippen LogP contribution in [0.15, 0.2) is 27.4 Å². The molecule has 7 nitrogen and oxygen atoms in total. The van der Waals surface area contributed by atoms with Gasteiger partial charge in [0, 0.05) is 18.4 Å². The van der Waals surface area contributed by atoms with Crippen LogP contribution in [0.3, 0.4) is 0 Å². The third-order valence-corrected chi connectivity index (χ3v) is 4.08. The van der Waals surface area contributed by atoms with E-state index >= 15 is 0 Å². The normalized spacial score (nSPS) is 29.5. The van der Waals surface area contributed by atoms with Gasteiger partial charge in [0.15, 0.2) is 5.79 Å². The topological polar surface area (TPSA) is 93.6 Å². The fourth-order valence-electron chi connectivity index (χ4n) is 3.14. The number of aromatic nitrogens is 2. The van der Waals surface area contributed by atoms with E-state index in [2.05, 4.69) is 4.98 Å². The third kappa shape index (κ3) is 2.45. The molecule has 120 valence electrons. The molecule has 1 saturated heterocycles. The van der Waals surface area contributed by atoms with Gasteiger partial charge in [0.25, 0.3) is 5.56 Å². The largest absolute Gasteiger partial charge is 0.396 e. The maximum Gasteiger partial charge on any atom is 0.328 e. The summed E-state index contributed by atoms with van der Waals surface area (Å²) >= 11 is 0. The van der Waals surface area contributed by atoms with Crippen molar-refractivity contribution in [3.05, 3.63) is 44.2 Å². The molecule has 1 fully saturated rings. The predicted octanol–water partition coefficient (Wildman–Crippen LogP) is 0.229. The number of hydrogen-bond donors (Lipinski definition) is 2. The second-order valence-electron chi connectivity index (χ2n) is 6.21. The van der Waals surface area contributed by atoms with Crippen molar-refractivity contribution >= 4 is 0 Å². The number of H-pyrrole nitrogens is 1. The van der Waals surface area contributed by atoms with Gasteiger partial charge in [-0.15, -0.1) is 0 Å². The van der Waals surface area contributed by atoms with Crippen LogP contribution in [0.2, 0.25) is 0 Å². The van der Waals surface area contributed by atoms with Crippen molar-refractivity contribution in [1.82, 2.24) is 9.55 Å². The zero-order valence-corrected chi connectivity index (χ0v) is 12.8. The average molecular weight is 308 g/mol. The lowest BCUT2D eigenvalue weighted by atomic mass is 10.1. The Hall–Kier alpha value is -1.70. The van der Waals surface area contributed by atoms with E-state index < -0.39 is 11.5 Å². The summed E-state index contributed by atoms with van der Waals surface area (Å²) in [6.45, 7) is 5.29. The van der Waals surface area contributed by atoms with E-state index in [9.17, 15) is 14.7 Å². The molecule has 22 heavy (non-hydrogen) atoms. The fraction of sp³-hybridized carbons (Fsp3) is 0.600. The van der Waals surface area contributed by atoms with Crippen LogP contribution in [0.4, 0.5) is 0 Å². The molecule has 1 aliphatic carbocycles. The highest BCUT2D eigenvalue weighted by Crippen LogP contribution is 2.43. The molecular formula is C15H20N2O5. The summed E-state index contributed by atoms with van der Waals surface area (Å²) in [5, 5.41) is 9.22. The number of hydrogen-bond acceptors (Lipinski definition) is 5. The number of aliphatic hydroxyl groups excluding tert-OH is 1. The molecule has 2 aliphatic rings. The molecule has 0 aromatic carbocycles. The molecule has 3 atom stereocenters. The zero-order valence-electron chi connectivity index (χ0n) is 12.8. The molecule has 7 heteroatoms. The monoisotopic (exact) mass is 308 g/mol. The molecule has 3 rings (SSSR count). The standard InChI is InChI=1S/C15H20N2O5/c1-8-7-17(14(20)16-13(8)19)10-6-9(4-5-18)11-12(10)22-15(2,3)21-11/h6-7,10-12,18H,4-5H2,1-3H3,(H,16,19,20)/t10-,11-,12+/m1/s1. The van der Waals surface area contributed by atoms with E-state index in [4.69, 9.17) is 9.47 Å². The minimum atomic E-state index is -0.747. The Morgan fingerprint density at radius 1 is 1.36 bits per heavy atom. The van der Waals surface area contributed by atoms with Crippen molar-refractivity contribution in [1.29, 1.82) is 0 Å². The van der Waals surface area contributed by atoms with Crippen molar-refractivity contribution in [3.63, 3.8) is 0 Å². The quantitative estimate of drug-likeness (QED) is 0.780. The first kappa shape index (κ1) is 15.2. The Morgan fingerprint density at radius 3 is 2.77 bits per heavy atom. The van der Waals surface area contributed by atoms with E-state index in [1.807, 2.05) is 19.9 Å². The Kier molecular flexibility index (Phi) is 3.58. The number of nitrogens with one attached hydrogen (secondary N) is 1. The Labute approximate surface area is 127 Å². The van der Waals surface area contributed by atoms with Crippen LogP contribution in [-0.2, 0) is 9.47 Å². The number of nitrogens with zero attached hydrogens (tertiary/aromatic N) is 1. The van der Waals surface area contributed by atoms with Crippen LogP contribution in [-0.4, -0.2) is 39.3 Å². The molecule has 1 aromatic heterocycles. The number of aromatic amines is 1. The summed E-state index contributed by atoms with van der Waals surface area (Å²) in [6, 6.07) is -0.364. The summed E-state index contributed by atoms with van der Waals surface area (Å²) in [5.41, 5.74) is 0.505. The first-order valence-electron chi connectivity index (χ1n) is 7.31. The molecule has 0 spiro atoms. The van der Waals surface area contributed by atoms with E-state index in [1.54, 1.807) is 6.92 Å². The predicted molar refractivity (Wildman–Crippen MR) is 78.7 cm³/mol. The highest BCUT2D eigenvalue weighted by atomic mass is 16.8. The molecule has 2 N–H and O–H groups in total. The van der Waals surface area contributed by atoms with Crippen molar-refractivity contribution in [2.24, 2.45) is 0 Å². The molecule has 1 aromatic rings. The van der Waals surface area contributed by atoms with Gasteiger partial charge in [-0.2, -0.15) is 0 Å². The highest BCUT2D eigenvalue weighted by Gasteiger charge is 2.50. The second-order valence-corrected chi connectivity index (χ2v) is 6.21. The van der Waals surface area contributed by atoms with Gasteiger partial charge in [-0.05, 0) is 32.8 Å². The number of fused-ring (bicyclic) bond motifs is 1. The number of aryl methyl sites for hydroxylation is 1. The minimum Gasteiger partial charge on any atom is -0.396 e. The van der Waals surface area contributed by atoms with Crippen LogP contribution in [0.1, 0.15) is 31.9 Å². The summed E-state index contributed by atoms with van der Waals surface area (Å²) in [4.78, 5) is 26.0. The molecule has 0 radical (unpaired) electrons. The summed E-state index contributed by atoms with van der Waals surface area (Å²) in [7, 11) is 0. The van der Waals surface area contributed by atoms with Gasteiger partial charge in [-0.1, -0.05) is 6.08 Å². The zero-order chi connectivity index (χ0) is 16.1. The third-order valence-electron chi connectivity index (χ3n) is 4.08. The van der Waals surface area contributed by atoms with E-state index in [1.165, 1.54) is 10.8 Å². The van der Waals surface area contributed by atoms with Gasteiger partial charge in [0.05, 0.1) is 6.04 Å². The summed E-state index contributed by atoms with van der Waals surface area (Å²) in [6.07, 6.45) is 3.26. The number of rotatable bonds is 3. The number of ether oxygens (including phenoxy) is 2. The van der Waals surface area contributed by atoms with Crippen LogP contribution >= 0.6 is 0 Å².